The van der Waals surface area contributed by atoms with E-state index in [0.29, 0.717) is 0 Å². The molecule has 56 valence electrons. The lowest BCUT2D eigenvalue weighted by Crippen LogP contribution is -2.18. The first kappa shape index (κ1) is 8.11. The van der Waals surface area contributed by atoms with E-state index in [2.05, 4.69) is 4.27 Å². The average Bonchev–Trinajstić information content (AvgIpc) is 2.67. The molecule has 1 unspecified atom stereocenters. The molecule has 0 saturated heterocycles. The third kappa shape index (κ3) is 1.22. The molecule has 2 nitrogen and oxygen atoms in total. The molecule has 0 aromatic rings. The van der Waals surface area contributed by atoms with Crippen molar-refractivity contribution >= 4 is 17.7 Å². The maximum absolute atomic E-state index is 11.7. The van der Waals surface area contributed by atoms with E-state index >= 15 is 0 Å². The van der Waals surface area contributed by atoms with Gasteiger partial charge in [0.05, 0.1) is 0 Å². The van der Waals surface area contributed by atoms with Crippen molar-refractivity contribution in [1.29, 1.82) is 0 Å². The molecular weight excluding hydrogens is 145 g/mol. The van der Waals surface area contributed by atoms with Crippen molar-refractivity contribution in [3.63, 3.8) is 0 Å². The summed E-state index contributed by atoms with van der Waals surface area (Å²) in [5, 5.41) is 0.391. The van der Waals surface area contributed by atoms with Crippen molar-refractivity contribution in [3.05, 3.63) is 0 Å². The molecule has 4 heteroatoms. The molecule has 2 radical (unpaired) electrons. The van der Waals surface area contributed by atoms with Gasteiger partial charge in [-0.1, -0.05) is 13.8 Å². The normalized spacial score (nSPS) is 24.3. The third-order valence-corrected chi connectivity index (χ3v) is 4.95. The van der Waals surface area contributed by atoms with Crippen LogP contribution in [0.2, 0.25) is 0 Å². The zero-order valence-electron chi connectivity index (χ0n) is 6.41. The lowest BCUT2D eigenvalue weighted by molar-refractivity contribution is 0.669. The largest absolute Gasteiger partial charge is 0.313 e. The molecule has 0 aliphatic heterocycles. The quantitative estimate of drug-likeness (QED) is 0.552. The lowest BCUT2D eigenvalue weighted by atomic mass is 10.5. The van der Waals surface area contributed by atoms with Crippen LogP contribution in [-0.2, 0) is 9.73 Å². The Morgan fingerprint density at radius 1 is 1.60 bits per heavy atom. The smallest absolute Gasteiger partial charge is 0.273 e. The summed E-state index contributed by atoms with van der Waals surface area (Å²) in [7, 11) is 3.05. The van der Waals surface area contributed by atoms with Crippen LogP contribution in [0.15, 0.2) is 4.27 Å². The van der Waals surface area contributed by atoms with Crippen LogP contribution in [0.4, 0.5) is 0 Å². The fourth-order valence-corrected chi connectivity index (χ4v) is 3.00. The topological polar surface area (TPSA) is 29.4 Å². The first-order valence-electron chi connectivity index (χ1n) is 3.55. The molecular formula is C6H12BNOS. The monoisotopic (exact) mass is 157 g/mol. The Balaban J connectivity index is 2.88. The fraction of sp³-hybridized carbons (Fsp3) is 1.00. The Bertz CT molecular complexity index is 218. The van der Waals surface area contributed by atoms with E-state index in [9.17, 15) is 4.21 Å². The fourth-order valence-electron chi connectivity index (χ4n) is 0.998. The van der Waals surface area contributed by atoms with Crippen LogP contribution >= 0.6 is 0 Å². The molecule has 0 heterocycles. The van der Waals surface area contributed by atoms with Gasteiger partial charge < -0.3 is 4.27 Å². The summed E-state index contributed by atoms with van der Waals surface area (Å²) in [6.07, 6.45) is 2.08. The molecule has 0 aromatic heterocycles. The van der Waals surface area contributed by atoms with E-state index in [4.69, 9.17) is 7.98 Å². The number of nitrogens with zero attached hydrogens (tertiary/aromatic N) is 1. The first-order chi connectivity index (χ1) is 4.61. The van der Waals surface area contributed by atoms with Crippen LogP contribution in [0.5, 0.6) is 0 Å². The standard InChI is InChI=1S/C6H12BNOS/c1-5(2)10(9,8-7)6-3-4-6/h5-6H,3-4H2,1-2H3. The highest BCUT2D eigenvalue weighted by Gasteiger charge is 2.34. The Morgan fingerprint density at radius 3 is 2.20 bits per heavy atom. The number of hydrogen-bond donors (Lipinski definition) is 0. The zero-order chi connectivity index (χ0) is 7.78. The van der Waals surface area contributed by atoms with Gasteiger partial charge in [0.25, 0.3) is 7.98 Å². The number of rotatable bonds is 2. The van der Waals surface area contributed by atoms with Gasteiger partial charge in [-0.2, -0.15) is 0 Å². The van der Waals surface area contributed by atoms with Gasteiger partial charge in [-0.25, -0.2) is 0 Å². The summed E-state index contributed by atoms with van der Waals surface area (Å²) in [6.45, 7) is 3.83. The number of hydrogen-bond acceptors (Lipinski definition) is 2. The molecule has 1 atom stereocenters. The third-order valence-electron chi connectivity index (χ3n) is 1.84. The summed E-state index contributed by atoms with van der Waals surface area (Å²) < 4.78 is 15.2. The second-order valence-electron chi connectivity index (χ2n) is 2.97. The van der Waals surface area contributed by atoms with Gasteiger partial charge in [0.15, 0.2) is 0 Å². The summed E-state index contributed by atoms with van der Waals surface area (Å²) in [5.74, 6) is 0. The van der Waals surface area contributed by atoms with Gasteiger partial charge in [-0.05, 0) is 12.8 Å². The van der Waals surface area contributed by atoms with E-state index in [1.165, 1.54) is 0 Å². The average molecular weight is 157 g/mol. The first-order valence-corrected chi connectivity index (χ1v) is 5.19. The molecule has 1 fully saturated rings. The Kier molecular flexibility index (Phi) is 2.08. The molecule has 1 saturated carbocycles. The van der Waals surface area contributed by atoms with Gasteiger partial charge >= 0.3 is 0 Å². The van der Waals surface area contributed by atoms with Crippen LogP contribution in [0.3, 0.4) is 0 Å². The van der Waals surface area contributed by atoms with Gasteiger partial charge in [-0.3, -0.25) is 4.21 Å². The molecule has 1 rings (SSSR count). The molecule has 0 amide bonds. The molecule has 10 heavy (non-hydrogen) atoms. The summed E-state index contributed by atoms with van der Waals surface area (Å²) in [5.41, 5.74) is 0. The van der Waals surface area contributed by atoms with Gasteiger partial charge in [0, 0.05) is 20.2 Å². The van der Waals surface area contributed by atoms with Crippen molar-refractivity contribution in [3.8, 4) is 0 Å². The van der Waals surface area contributed by atoms with Crippen molar-refractivity contribution in [2.45, 2.75) is 37.2 Å². The zero-order valence-corrected chi connectivity index (χ0v) is 7.23. The Hall–Kier alpha value is 0.0149. The van der Waals surface area contributed by atoms with Gasteiger partial charge in [0.1, 0.15) is 0 Å². The highest BCUT2D eigenvalue weighted by molar-refractivity contribution is 7.95. The van der Waals surface area contributed by atoms with Gasteiger partial charge in [-0.15, -0.1) is 0 Å². The van der Waals surface area contributed by atoms with Crippen LogP contribution in [0.1, 0.15) is 26.7 Å². The minimum atomic E-state index is -2.05. The van der Waals surface area contributed by atoms with Crippen molar-refractivity contribution in [2.24, 2.45) is 4.27 Å². The minimum Gasteiger partial charge on any atom is -0.313 e. The molecule has 0 aromatic carbocycles. The van der Waals surface area contributed by atoms with E-state index < -0.39 is 9.73 Å². The Morgan fingerprint density at radius 2 is 2.10 bits per heavy atom. The lowest BCUT2D eigenvalue weighted by Gasteiger charge is -2.11. The van der Waals surface area contributed by atoms with Crippen LogP contribution in [0.25, 0.3) is 0 Å². The highest BCUT2D eigenvalue weighted by Crippen LogP contribution is 2.32. The Labute approximate surface area is 64.0 Å². The van der Waals surface area contributed by atoms with Crippen LogP contribution in [0, 0.1) is 0 Å². The van der Waals surface area contributed by atoms with E-state index in [1.807, 2.05) is 13.8 Å². The predicted molar refractivity (Wildman–Crippen MR) is 44.5 cm³/mol. The van der Waals surface area contributed by atoms with E-state index in [0.717, 1.165) is 12.8 Å². The molecule has 1 aliphatic carbocycles. The predicted octanol–water partition coefficient (Wildman–Crippen LogP) is 1.11. The summed E-state index contributed by atoms with van der Waals surface area (Å²) in [4.78, 5) is 0. The molecule has 0 N–H and O–H groups in total. The molecule has 0 spiro atoms. The van der Waals surface area contributed by atoms with Crippen LogP contribution < -0.4 is 0 Å². The minimum absolute atomic E-state index is 0.102. The van der Waals surface area contributed by atoms with Gasteiger partial charge in [0.2, 0.25) is 0 Å². The van der Waals surface area contributed by atoms with E-state index in [-0.39, 0.29) is 10.5 Å². The second-order valence-corrected chi connectivity index (χ2v) is 6.02. The summed E-state index contributed by atoms with van der Waals surface area (Å²) >= 11 is 0. The second kappa shape index (κ2) is 2.57. The highest BCUT2D eigenvalue weighted by atomic mass is 32.2. The van der Waals surface area contributed by atoms with E-state index in [1.54, 1.807) is 0 Å². The molecule has 1 aliphatic rings. The van der Waals surface area contributed by atoms with Crippen molar-refractivity contribution in [1.82, 2.24) is 0 Å². The molecule has 0 bridgehead atoms. The van der Waals surface area contributed by atoms with Crippen molar-refractivity contribution < 1.29 is 4.21 Å². The maximum Gasteiger partial charge on any atom is 0.273 e. The van der Waals surface area contributed by atoms with Crippen molar-refractivity contribution in [2.75, 3.05) is 0 Å². The summed E-state index contributed by atoms with van der Waals surface area (Å²) in [6, 6.07) is 0. The van der Waals surface area contributed by atoms with Crippen LogP contribution in [-0.4, -0.2) is 22.7 Å². The maximum atomic E-state index is 11.7. The SMILES string of the molecule is [B]N=S(=O)(C(C)C)C1CC1.